The van der Waals surface area contributed by atoms with Crippen LogP contribution in [0, 0.1) is 5.92 Å². The highest BCUT2D eigenvalue weighted by molar-refractivity contribution is 7.10. The standard InChI is InChI=1S/C14H17N3O2S/c1-9(2)13(11-5-4-6-20-11)17-12-8-15-10(7-16-12)14(18)19-3/h4-9,13H,1-3H3,(H,16,17). The molecule has 0 bridgehead atoms. The summed E-state index contributed by atoms with van der Waals surface area (Å²) in [6.07, 6.45) is 2.97. The van der Waals surface area contributed by atoms with E-state index in [1.165, 1.54) is 18.2 Å². The minimum atomic E-state index is -0.484. The van der Waals surface area contributed by atoms with E-state index < -0.39 is 5.97 Å². The third kappa shape index (κ3) is 3.33. The first-order valence-electron chi connectivity index (χ1n) is 6.32. The zero-order valence-corrected chi connectivity index (χ0v) is 12.5. The number of hydrogen-bond donors (Lipinski definition) is 1. The van der Waals surface area contributed by atoms with Crippen molar-refractivity contribution >= 4 is 23.1 Å². The topological polar surface area (TPSA) is 64.1 Å². The molecule has 0 aliphatic rings. The van der Waals surface area contributed by atoms with E-state index in [0.29, 0.717) is 11.7 Å². The highest BCUT2D eigenvalue weighted by Crippen LogP contribution is 2.28. The Kier molecular flexibility index (Phi) is 4.68. The molecule has 1 N–H and O–H groups in total. The number of hydrogen-bond acceptors (Lipinski definition) is 6. The lowest BCUT2D eigenvalue weighted by Gasteiger charge is -2.21. The van der Waals surface area contributed by atoms with Crippen LogP contribution in [0.2, 0.25) is 0 Å². The fraction of sp³-hybridized carbons (Fsp3) is 0.357. The van der Waals surface area contributed by atoms with Crippen molar-refractivity contribution < 1.29 is 9.53 Å². The second-order valence-corrected chi connectivity index (χ2v) is 5.64. The van der Waals surface area contributed by atoms with Crippen LogP contribution >= 0.6 is 11.3 Å². The largest absolute Gasteiger partial charge is 0.464 e. The predicted molar refractivity (Wildman–Crippen MR) is 78.9 cm³/mol. The molecule has 6 heteroatoms. The third-order valence-electron chi connectivity index (χ3n) is 2.87. The average molecular weight is 291 g/mol. The van der Waals surface area contributed by atoms with Crippen molar-refractivity contribution in [2.75, 3.05) is 12.4 Å². The maximum Gasteiger partial charge on any atom is 0.358 e. The number of nitrogens with zero attached hydrogens (tertiary/aromatic N) is 2. The Labute approximate surface area is 122 Å². The number of carbonyl (C=O) groups excluding carboxylic acids is 1. The molecule has 2 aromatic rings. The lowest BCUT2D eigenvalue weighted by atomic mass is 10.0. The molecule has 2 rings (SSSR count). The Morgan fingerprint density at radius 1 is 1.35 bits per heavy atom. The zero-order chi connectivity index (χ0) is 14.5. The molecular weight excluding hydrogens is 274 g/mol. The molecule has 0 aliphatic carbocycles. The van der Waals surface area contributed by atoms with Crippen LogP contribution in [0.1, 0.15) is 35.3 Å². The van der Waals surface area contributed by atoms with E-state index in [2.05, 4.69) is 45.3 Å². The predicted octanol–water partition coefficient (Wildman–Crippen LogP) is 3.13. The fourth-order valence-electron chi connectivity index (χ4n) is 1.81. The van der Waals surface area contributed by atoms with Gasteiger partial charge >= 0.3 is 5.97 Å². The summed E-state index contributed by atoms with van der Waals surface area (Å²) < 4.78 is 4.59. The van der Waals surface area contributed by atoms with Crippen LogP contribution in [0.3, 0.4) is 0 Å². The van der Waals surface area contributed by atoms with Crippen LogP contribution in [0.5, 0.6) is 0 Å². The number of ether oxygens (including phenoxy) is 1. The summed E-state index contributed by atoms with van der Waals surface area (Å²) in [5.74, 6) is 0.572. The Hall–Kier alpha value is -1.95. The first-order valence-corrected chi connectivity index (χ1v) is 7.20. The number of nitrogens with one attached hydrogen (secondary N) is 1. The van der Waals surface area contributed by atoms with E-state index >= 15 is 0 Å². The van der Waals surface area contributed by atoms with Gasteiger partial charge in [0.05, 0.1) is 25.5 Å². The minimum absolute atomic E-state index is 0.174. The number of rotatable bonds is 5. The molecule has 0 saturated heterocycles. The third-order valence-corrected chi connectivity index (χ3v) is 3.82. The van der Waals surface area contributed by atoms with E-state index in [0.717, 1.165) is 0 Å². The fourth-order valence-corrected chi connectivity index (χ4v) is 2.76. The Bertz CT molecular complexity index is 552. The van der Waals surface area contributed by atoms with Crippen LogP contribution in [-0.4, -0.2) is 23.0 Å². The van der Waals surface area contributed by atoms with Gasteiger partial charge in [-0.3, -0.25) is 0 Å². The Morgan fingerprint density at radius 2 is 2.15 bits per heavy atom. The number of thiophene rings is 1. The van der Waals surface area contributed by atoms with Gasteiger partial charge < -0.3 is 10.1 Å². The summed E-state index contributed by atoms with van der Waals surface area (Å²) in [5, 5.41) is 5.40. The van der Waals surface area contributed by atoms with Gasteiger partial charge in [0.2, 0.25) is 0 Å². The zero-order valence-electron chi connectivity index (χ0n) is 11.7. The van der Waals surface area contributed by atoms with Crippen molar-refractivity contribution in [2.45, 2.75) is 19.9 Å². The number of anilines is 1. The molecule has 0 saturated carbocycles. The molecule has 2 aromatic heterocycles. The van der Waals surface area contributed by atoms with Crippen molar-refractivity contribution in [3.05, 3.63) is 40.5 Å². The monoisotopic (exact) mass is 291 g/mol. The molecule has 106 valence electrons. The first kappa shape index (κ1) is 14.5. The van der Waals surface area contributed by atoms with Gasteiger partial charge in [-0.2, -0.15) is 0 Å². The van der Waals surface area contributed by atoms with E-state index in [1.807, 2.05) is 6.07 Å². The average Bonchev–Trinajstić information content (AvgIpc) is 2.98. The van der Waals surface area contributed by atoms with E-state index in [-0.39, 0.29) is 11.7 Å². The van der Waals surface area contributed by atoms with Crippen LogP contribution < -0.4 is 5.32 Å². The van der Waals surface area contributed by atoms with Crippen LogP contribution in [0.15, 0.2) is 29.9 Å². The van der Waals surface area contributed by atoms with Gasteiger partial charge in [0.1, 0.15) is 5.82 Å². The minimum Gasteiger partial charge on any atom is -0.464 e. The SMILES string of the molecule is COC(=O)c1cnc(NC(c2cccs2)C(C)C)cn1. The number of methoxy groups -OCH3 is 1. The highest BCUT2D eigenvalue weighted by atomic mass is 32.1. The van der Waals surface area contributed by atoms with Gasteiger partial charge in [0.25, 0.3) is 0 Å². The molecule has 0 radical (unpaired) electrons. The molecule has 0 spiro atoms. The van der Waals surface area contributed by atoms with Crippen molar-refractivity contribution in [3.63, 3.8) is 0 Å². The Balaban J connectivity index is 2.13. The molecule has 0 fully saturated rings. The number of esters is 1. The molecule has 0 aliphatic heterocycles. The molecule has 5 nitrogen and oxygen atoms in total. The highest BCUT2D eigenvalue weighted by Gasteiger charge is 2.17. The van der Waals surface area contributed by atoms with Crippen LogP contribution in [0.25, 0.3) is 0 Å². The molecular formula is C14H17N3O2S. The van der Waals surface area contributed by atoms with Crippen molar-refractivity contribution in [1.82, 2.24) is 9.97 Å². The molecule has 0 amide bonds. The van der Waals surface area contributed by atoms with Crippen molar-refractivity contribution in [1.29, 1.82) is 0 Å². The maximum absolute atomic E-state index is 11.3. The second-order valence-electron chi connectivity index (χ2n) is 4.66. The smallest absolute Gasteiger partial charge is 0.358 e. The lowest BCUT2D eigenvalue weighted by Crippen LogP contribution is -2.17. The summed E-state index contributed by atoms with van der Waals surface area (Å²) in [6, 6.07) is 4.30. The van der Waals surface area contributed by atoms with Crippen molar-refractivity contribution in [3.8, 4) is 0 Å². The Morgan fingerprint density at radius 3 is 2.65 bits per heavy atom. The van der Waals surface area contributed by atoms with Gasteiger partial charge in [-0.15, -0.1) is 11.3 Å². The lowest BCUT2D eigenvalue weighted by molar-refractivity contribution is 0.0593. The second kappa shape index (κ2) is 6.47. The molecule has 1 unspecified atom stereocenters. The quantitative estimate of drug-likeness (QED) is 0.857. The molecule has 20 heavy (non-hydrogen) atoms. The maximum atomic E-state index is 11.3. The molecule has 2 heterocycles. The summed E-state index contributed by atoms with van der Waals surface area (Å²) in [4.78, 5) is 20.8. The van der Waals surface area contributed by atoms with Gasteiger partial charge in [-0.25, -0.2) is 14.8 Å². The normalized spacial score (nSPS) is 12.2. The molecule has 0 aromatic carbocycles. The van der Waals surface area contributed by atoms with Gasteiger partial charge in [-0.05, 0) is 17.4 Å². The number of carbonyl (C=O) groups is 1. The summed E-state index contributed by atoms with van der Waals surface area (Å²) in [5.41, 5.74) is 0.204. The van der Waals surface area contributed by atoms with E-state index in [1.54, 1.807) is 17.5 Å². The summed E-state index contributed by atoms with van der Waals surface area (Å²) >= 11 is 1.71. The molecule has 1 atom stereocenters. The van der Waals surface area contributed by atoms with Gasteiger partial charge in [0, 0.05) is 4.88 Å². The van der Waals surface area contributed by atoms with Crippen LogP contribution in [-0.2, 0) is 4.74 Å². The van der Waals surface area contributed by atoms with Gasteiger partial charge in [-0.1, -0.05) is 19.9 Å². The summed E-state index contributed by atoms with van der Waals surface area (Å²) in [7, 11) is 1.32. The van der Waals surface area contributed by atoms with Crippen LogP contribution in [0.4, 0.5) is 5.82 Å². The first-order chi connectivity index (χ1) is 9.61. The van der Waals surface area contributed by atoms with E-state index in [9.17, 15) is 4.79 Å². The van der Waals surface area contributed by atoms with Crippen molar-refractivity contribution in [2.24, 2.45) is 5.92 Å². The number of aromatic nitrogens is 2. The van der Waals surface area contributed by atoms with E-state index in [4.69, 9.17) is 0 Å². The summed E-state index contributed by atoms with van der Waals surface area (Å²) in [6.45, 7) is 4.29. The van der Waals surface area contributed by atoms with Gasteiger partial charge in [0.15, 0.2) is 5.69 Å².